The first kappa shape index (κ1) is 14.6. The maximum absolute atomic E-state index is 11.9. The van der Waals surface area contributed by atoms with Crippen LogP contribution >= 0.6 is 0 Å². The van der Waals surface area contributed by atoms with Crippen molar-refractivity contribution in [3.05, 3.63) is 29.8 Å². The van der Waals surface area contributed by atoms with Crippen LogP contribution in [0.2, 0.25) is 0 Å². The molecule has 0 heterocycles. The molecule has 0 bridgehead atoms. The maximum Gasteiger partial charge on any atom is 0.319 e. The first-order valence-electron chi connectivity index (χ1n) is 6.58. The molecule has 3 nitrogen and oxygen atoms in total. The normalized spacial score (nSPS) is 12.6. The van der Waals surface area contributed by atoms with E-state index in [1.165, 1.54) is 0 Å². The van der Waals surface area contributed by atoms with Crippen molar-refractivity contribution in [2.75, 3.05) is 5.32 Å². The summed E-state index contributed by atoms with van der Waals surface area (Å²) >= 11 is 0. The van der Waals surface area contributed by atoms with Crippen LogP contribution in [0.25, 0.3) is 0 Å². The third-order valence-electron chi connectivity index (χ3n) is 3.19. The number of carbonyl (C=O) groups is 1. The van der Waals surface area contributed by atoms with Crippen LogP contribution in [0.1, 0.15) is 46.1 Å². The van der Waals surface area contributed by atoms with Gasteiger partial charge in [-0.25, -0.2) is 4.79 Å². The van der Waals surface area contributed by atoms with Gasteiger partial charge in [-0.15, -0.1) is 0 Å². The largest absolute Gasteiger partial charge is 0.335 e. The van der Waals surface area contributed by atoms with Gasteiger partial charge in [0.1, 0.15) is 0 Å². The molecule has 1 rings (SSSR count). The lowest BCUT2D eigenvalue weighted by Crippen LogP contribution is -2.39. The summed E-state index contributed by atoms with van der Waals surface area (Å²) in [5.74, 6) is 0.820. The maximum atomic E-state index is 11.9. The summed E-state index contributed by atoms with van der Waals surface area (Å²) in [4.78, 5) is 11.9. The summed E-state index contributed by atoms with van der Waals surface area (Å²) in [5.41, 5.74) is 2.05. The molecule has 0 aliphatic carbocycles. The van der Waals surface area contributed by atoms with Crippen LogP contribution in [0.5, 0.6) is 0 Å². The molecule has 0 spiro atoms. The zero-order valence-electron chi connectivity index (χ0n) is 11.9. The quantitative estimate of drug-likeness (QED) is 0.831. The molecule has 0 aliphatic rings. The highest BCUT2D eigenvalue weighted by Gasteiger charge is 2.12. The molecule has 0 saturated carbocycles. The summed E-state index contributed by atoms with van der Waals surface area (Å²) in [7, 11) is 0. The van der Waals surface area contributed by atoms with Gasteiger partial charge in [0.05, 0.1) is 0 Å². The molecule has 2 N–H and O–H groups in total. The standard InChI is InChI=1S/C15H24N2O/c1-10(2)12(5)16-15(18)17-14-9-7-6-8-13(14)11(3)4/h6-12H,1-5H3,(H2,16,17,18)/t12-/m0/s1. The van der Waals surface area contributed by atoms with E-state index >= 15 is 0 Å². The number of urea groups is 1. The number of nitrogens with one attached hydrogen (secondary N) is 2. The van der Waals surface area contributed by atoms with Gasteiger partial charge in [0.15, 0.2) is 0 Å². The van der Waals surface area contributed by atoms with Crippen LogP contribution in [0.15, 0.2) is 24.3 Å². The molecule has 0 fully saturated rings. The lowest BCUT2D eigenvalue weighted by atomic mass is 10.0. The minimum atomic E-state index is -0.135. The van der Waals surface area contributed by atoms with E-state index in [-0.39, 0.29) is 12.1 Å². The average molecular weight is 248 g/mol. The number of carbonyl (C=O) groups excluding carboxylic acids is 1. The van der Waals surface area contributed by atoms with Crippen LogP contribution in [0.4, 0.5) is 10.5 Å². The Morgan fingerprint density at radius 1 is 1.06 bits per heavy atom. The van der Waals surface area contributed by atoms with Crippen molar-refractivity contribution in [2.45, 2.75) is 46.6 Å². The monoisotopic (exact) mass is 248 g/mol. The SMILES string of the molecule is CC(C)c1ccccc1NC(=O)N[C@@H](C)C(C)C. The zero-order chi connectivity index (χ0) is 13.7. The Hall–Kier alpha value is -1.51. The second-order valence-corrected chi connectivity index (χ2v) is 5.37. The van der Waals surface area contributed by atoms with E-state index in [0.717, 1.165) is 11.3 Å². The molecule has 0 radical (unpaired) electrons. The number of hydrogen-bond donors (Lipinski definition) is 2. The molecule has 0 saturated heterocycles. The van der Waals surface area contributed by atoms with Crippen LogP contribution in [-0.2, 0) is 0 Å². The first-order valence-corrected chi connectivity index (χ1v) is 6.58. The Labute approximate surface area is 110 Å². The van der Waals surface area contributed by atoms with E-state index in [0.29, 0.717) is 11.8 Å². The highest BCUT2D eigenvalue weighted by atomic mass is 16.2. The number of amides is 2. The number of rotatable bonds is 4. The highest BCUT2D eigenvalue weighted by Crippen LogP contribution is 2.23. The molecule has 2 amide bonds. The molecular weight excluding hydrogens is 224 g/mol. The first-order chi connectivity index (χ1) is 8.41. The smallest absolute Gasteiger partial charge is 0.319 e. The van der Waals surface area contributed by atoms with Gasteiger partial charge < -0.3 is 10.6 Å². The molecule has 1 aromatic carbocycles. The molecular formula is C15H24N2O. The van der Waals surface area contributed by atoms with Gasteiger partial charge in [-0.3, -0.25) is 0 Å². The lowest BCUT2D eigenvalue weighted by molar-refractivity contribution is 0.246. The molecule has 100 valence electrons. The summed E-state index contributed by atoms with van der Waals surface area (Å²) in [5, 5.41) is 5.87. The zero-order valence-corrected chi connectivity index (χ0v) is 11.9. The van der Waals surface area contributed by atoms with Crippen LogP contribution in [0, 0.1) is 5.92 Å². The van der Waals surface area contributed by atoms with Gasteiger partial charge in [-0.1, -0.05) is 45.9 Å². The molecule has 0 aromatic heterocycles. The molecule has 3 heteroatoms. The summed E-state index contributed by atoms with van der Waals surface area (Å²) in [6.45, 7) is 10.4. The van der Waals surface area contributed by atoms with Crippen molar-refractivity contribution in [1.82, 2.24) is 5.32 Å². The molecule has 1 aromatic rings. The van der Waals surface area contributed by atoms with Crippen molar-refractivity contribution in [3.8, 4) is 0 Å². The van der Waals surface area contributed by atoms with Gasteiger partial charge in [0.2, 0.25) is 0 Å². The van der Waals surface area contributed by atoms with Gasteiger partial charge in [-0.2, -0.15) is 0 Å². The molecule has 18 heavy (non-hydrogen) atoms. The third-order valence-corrected chi connectivity index (χ3v) is 3.19. The Kier molecular flexibility index (Phi) is 5.20. The Morgan fingerprint density at radius 2 is 1.67 bits per heavy atom. The topological polar surface area (TPSA) is 41.1 Å². The number of para-hydroxylation sites is 1. The fourth-order valence-electron chi connectivity index (χ4n) is 1.65. The summed E-state index contributed by atoms with van der Waals surface area (Å²) in [6, 6.07) is 7.95. The molecule has 1 atom stereocenters. The van der Waals surface area contributed by atoms with Gasteiger partial charge in [0.25, 0.3) is 0 Å². The highest BCUT2D eigenvalue weighted by molar-refractivity contribution is 5.90. The fraction of sp³-hybridized carbons (Fsp3) is 0.533. The van der Waals surface area contributed by atoms with E-state index in [1.54, 1.807) is 0 Å². The Balaban J connectivity index is 2.70. The van der Waals surface area contributed by atoms with E-state index in [2.05, 4.69) is 38.3 Å². The molecule has 0 unspecified atom stereocenters. The van der Waals surface area contributed by atoms with E-state index in [9.17, 15) is 4.79 Å². The minimum absolute atomic E-state index is 0.135. The van der Waals surface area contributed by atoms with Crippen molar-refractivity contribution < 1.29 is 4.79 Å². The van der Waals surface area contributed by atoms with Crippen molar-refractivity contribution in [2.24, 2.45) is 5.92 Å². The number of benzene rings is 1. The van der Waals surface area contributed by atoms with Crippen molar-refractivity contribution >= 4 is 11.7 Å². The van der Waals surface area contributed by atoms with Crippen LogP contribution < -0.4 is 10.6 Å². The van der Waals surface area contributed by atoms with E-state index in [1.807, 2.05) is 31.2 Å². The Bertz CT molecular complexity index is 399. The minimum Gasteiger partial charge on any atom is -0.335 e. The number of hydrogen-bond acceptors (Lipinski definition) is 1. The van der Waals surface area contributed by atoms with E-state index < -0.39 is 0 Å². The number of anilines is 1. The average Bonchev–Trinajstić information content (AvgIpc) is 2.28. The van der Waals surface area contributed by atoms with E-state index in [4.69, 9.17) is 0 Å². The molecule has 0 aliphatic heterocycles. The van der Waals surface area contributed by atoms with Crippen molar-refractivity contribution in [1.29, 1.82) is 0 Å². The second kappa shape index (κ2) is 6.43. The van der Waals surface area contributed by atoms with Gasteiger partial charge in [0, 0.05) is 11.7 Å². The van der Waals surface area contributed by atoms with Crippen molar-refractivity contribution in [3.63, 3.8) is 0 Å². The van der Waals surface area contributed by atoms with Crippen LogP contribution in [-0.4, -0.2) is 12.1 Å². The summed E-state index contributed by atoms with van der Waals surface area (Å²) in [6.07, 6.45) is 0. The third kappa shape index (κ3) is 4.06. The van der Waals surface area contributed by atoms with Gasteiger partial charge >= 0.3 is 6.03 Å². The second-order valence-electron chi connectivity index (χ2n) is 5.37. The van der Waals surface area contributed by atoms with Gasteiger partial charge in [-0.05, 0) is 30.4 Å². The predicted molar refractivity (Wildman–Crippen MR) is 77.0 cm³/mol. The lowest BCUT2D eigenvalue weighted by Gasteiger charge is -2.19. The fourth-order valence-corrected chi connectivity index (χ4v) is 1.65. The Morgan fingerprint density at radius 3 is 2.22 bits per heavy atom. The predicted octanol–water partition coefficient (Wildman–Crippen LogP) is 3.98. The van der Waals surface area contributed by atoms with Crippen LogP contribution in [0.3, 0.4) is 0 Å². The summed E-state index contributed by atoms with van der Waals surface area (Å²) < 4.78 is 0.